The van der Waals surface area contributed by atoms with E-state index in [2.05, 4.69) is 15.3 Å². The second-order valence-electron chi connectivity index (χ2n) is 8.81. The lowest BCUT2D eigenvalue weighted by atomic mass is 9.98. The molecular formula is C23H31N5O3. The molecule has 0 radical (unpaired) electrons. The van der Waals surface area contributed by atoms with Crippen molar-refractivity contribution in [1.29, 1.82) is 0 Å². The molecule has 0 atom stereocenters. The van der Waals surface area contributed by atoms with Crippen molar-refractivity contribution in [2.75, 3.05) is 0 Å². The van der Waals surface area contributed by atoms with E-state index in [1.54, 1.807) is 21.6 Å². The van der Waals surface area contributed by atoms with Crippen molar-refractivity contribution in [2.45, 2.75) is 72.6 Å². The highest BCUT2D eigenvalue weighted by Crippen LogP contribution is 2.27. The molecule has 0 bridgehead atoms. The lowest BCUT2D eigenvalue weighted by molar-refractivity contribution is -0.156. The fourth-order valence-electron chi connectivity index (χ4n) is 3.37. The fraction of sp³-hybridized carbons (Fsp3) is 0.522. The number of aldehydes is 1. The summed E-state index contributed by atoms with van der Waals surface area (Å²) in [5, 5.41) is 13.4. The maximum atomic E-state index is 12.0. The monoisotopic (exact) mass is 425 g/mol. The number of fused-ring (bicyclic) bond motifs is 1. The summed E-state index contributed by atoms with van der Waals surface area (Å²) >= 11 is 0. The van der Waals surface area contributed by atoms with Crippen molar-refractivity contribution in [3.63, 3.8) is 0 Å². The average Bonchev–Trinajstić information content (AvgIpc) is 3.52. The van der Waals surface area contributed by atoms with Crippen molar-refractivity contribution >= 4 is 23.3 Å². The molecule has 4 rings (SSSR count). The van der Waals surface area contributed by atoms with Crippen LogP contribution in [0.3, 0.4) is 0 Å². The third-order valence-corrected chi connectivity index (χ3v) is 5.18. The number of rotatable bonds is 6. The first-order valence-corrected chi connectivity index (χ1v) is 10.8. The highest BCUT2D eigenvalue weighted by molar-refractivity contribution is 5.92. The van der Waals surface area contributed by atoms with Crippen molar-refractivity contribution in [3.8, 4) is 11.1 Å². The Morgan fingerprint density at radius 2 is 1.87 bits per heavy atom. The van der Waals surface area contributed by atoms with Gasteiger partial charge in [0.15, 0.2) is 12.4 Å². The van der Waals surface area contributed by atoms with Gasteiger partial charge in [-0.1, -0.05) is 32.1 Å². The van der Waals surface area contributed by atoms with Crippen LogP contribution in [0, 0.1) is 5.41 Å². The number of hydrogen-bond donors (Lipinski definition) is 0. The van der Waals surface area contributed by atoms with E-state index in [-0.39, 0.29) is 12.7 Å². The van der Waals surface area contributed by atoms with Gasteiger partial charge in [0.25, 0.3) is 0 Å². The molecule has 0 unspecified atom stereocenters. The topological polar surface area (TPSA) is 91.9 Å². The summed E-state index contributed by atoms with van der Waals surface area (Å²) in [6.07, 6.45) is 15.9. The van der Waals surface area contributed by atoms with Gasteiger partial charge in [0, 0.05) is 41.9 Å². The second-order valence-corrected chi connectivity index (χ2v) is 8.81. The molecule has 8 nitrogen and oxygen atoms in total. The van der Waals surface area contributed by atoms with E-state index < -0.39 is 5.41 Å². The molecule has 3 heterocycles. The van der Waals surface area contributed by atoms with Crippen LogP contribution in [0.15, 0.2) is 30.9 Å². The molecule has 31 heavy (non-hydrogen) atoms. The molecular weight excluding hydrogens is 394 g/mol. The quantitative estimate of drug-likeness (QED) is 0.430. The van der Waals surface area contributed by atoms with Gasteiger partial charge in [0.05, 0.1) is 17.8 Å². The molecule has 0 N–H and O–H groups in total. The SMILES string of the molecule is C1CCCC1.CC(C)(C)C(=O)OCn1ccc2c(-c3cnn(CCC=O)c3)cnnc21. The van der Waals surface area contributed by atoms with Crippen LogP contribution < -0.4 is 0 Å². The summed E-state index contributed by atoms with van der Waals surface area (Å²) in [4.78, 5) is 22.5. The van der Waals surface area contributed by atoms with Crippen LogP contribution in [0.5, 0.6) is 0 Å². The number of carbonyl (C=O) groups excluding carboxylic acids is 2. The van der Waals surface area contributed by atoms with Crippen LogP contribution in [0.2, 0.25) is 0 Å². The summed E-state index contributed by atoms with van der Waals surface area (Å²) in [7, 11) is 0. The largest absolute Gasteiger partial charge is 0.443 e. The van der Waals surface area contributed by atoms with Crippen LogP contribution >= 0.6 is 0 Å². The Bertz CT molecular complexity index is 1000. The number of aryl methyl sites for hydroxylation is 1. The van der Waals surface area contributed by atoms with Crippen molar-refractivity contribution in [1.82, 2.24) is 24.5 Å². The van der Waals surface area contributed by atoms with Crippen LogP contribution in [-0.4, -0.2) is 36.8 Å². The van der Waals surface area contributed by atoms with E-state index in [0.717, 1.165) is 22.8 Å². The molecule has 1 saturated carbocycles. The zero-order valence-electron chi connectivity index (χ0n) is 18.6. The minimum atomic E-state index is -0.560. The highest BCUT2D eigenvalue weighted by Gasteiger charge is 2.23. The van der Waals surface area contributed by atoms with E-state index >= 15 is 0 Å². The molecule has 8 heteroatoms. The van der Waals surface area contributed by atoms with Crippen LogP contribution in [0.4, 0.5) is 0 Å². The van der Waals surface area contributed by atoms with Crippen molar-refractivity contribution < 1.29 is 14.3 Å². The first kappa shape index (κ1) is 22.7. The number of hydrogen-bond acceptors (Lipinski definition) is 6. The molecule has 0 aliphatic heterocycles. The van der Waals surface area contributed by atoms with Gasteiger partial charge in [-0.3, -0.25) is 14.0 Å². The van der Waals surface area contributed by atoms with E-state index in [1.165, 1.54) is 32.1 Å². The summed E-state index contributed by atoms with van der Waals surface area (Å²) in [5.74, 6) is -0.278. The van der Waals surface area contributed by atoms with Crippen LogP contribution in [0.25, 0.3) is 22.2 Å². The van der Waals surface area contributed by atoms with Gasteiger partial charge < -0.3 is 9.53 Å². The van der Waals surface area contributed by atoms with Gasteiger partial charge >= 0.3 is 5.97 Å². The molecule has 3 aromatic rings. The molecule has 166 valence electrons. The Morgan fingerprint density at radius 3 is 2.52 bits per heavy atom. The number of ether oxygens (including phenoxy) is 1. The summed E-state index contributed by atoms with van der Waals surface area (Å²) in [6, 6.07) is 1.91. The van der Waals surface area contributed by atoms with Gasteiger partial charge in [-0.15, -0.1) is 5.10 Å². The molecule has 0 aromatic carbocycles. The molecule has 0 amide bonds. The summed E-state index contributed by atoms with van der Waals surface area (Å²) < 4.78 is 8.82. The van der Waals surface area contributed by atoms with Gasteiger partial charge in [-0.25, -0.2) is 0 Å². The smallest absolute Gasteiger partial charge is 0.312 e. The first-order chi connectivity index (χ1) is 14.9. The second kappa shape index (κ2) is 10.3. The Morgan fingerprint density at radius 1 is 1.16 bits per heavy atom. The fourth-order valence-corrected chi connectivity index (χ4v) is 3.37. The van der Waals surface area contributed by atoms with Crippen molar-refractivity contribution in [2.24, 2.45) is 5.41 Å². The van der Waals surface area contributed by atoms with Gasteiger partial charge in [0.1, 0.15) is 6.29 Å². The standard InChI is InChI=1S/C18H21N5O3.C5H10/c1-18(2,3)17(25)26-12-22-7-5-14-15(10-19-21-16(14)22)13-9-20-23(11-13)6-4-8-24;1-2-4-5-3-1/h5,7-11H,4,6,12H2,1-3H3;1-5H2. The summed E-state index contributed by atoms with van der Waals surface area (Å²) in [5.41, 5.74) is 1.84. The minimum Gasteiger partial charge on any atom is -0.443 e. The number of esters is 1. The molecule has 0 spiro atoms. The predicted octanol–water partition coefficient (Wildman–Crippen LogP) is 4.38. The number of carbonyl (C=O) groups is 2. The van der Waals surface area contributed by atoms with E-state index in [9.17, 15) is 9.59 Å². The highest BCUT2D eigenvalue weighted by atomic mass is 16.5. The number of nitrogens with zero attached hydrogens (tertiary/aromatic N) is 5. The Hall–Kier alpha value is -3.03. The predicted molar refractivity (Wildman–Crippen MR) is 118 cm³/mol. The maximum absolute atomic E-state index is 12.0. The normalized spacial score (nSPS) is 13.6. The first-order valence-electron chi connectivity index (χ1n) is 10.8. The molecule has 0 saturated heterocycles. The van der Waals surface area contributed by atoms with E-state index in [4.69, 9.17) is 4.74 Å². The Kier molecular flexibility index (Phi) is 7.55. The molecule has 1 aliphatic carbocycles. The average molecular weight is 426 g/mol. The van der Waals surface area contributed by atoms with Gasteiger partial charge in [-0.05, 0) is 26.8 Å². The minimum absolute atomic E-state index is 0.0797. The third-order valence-electron chi connectivity index (χ3n) is 5.18. The maximum Gasteiger partial charge on any atom is 0.312 e. The molecule has 3 aromatic heterocycles. The van der Waals surface area contributed by atoms with Crippen LogP contribution in [-0.2, 0) is 27.6 Å². The Labute approximate surface area is 182 Å². The van der Waals surface area contributed by atoms with E-state index in [1.807, 2.05) is 39.2 Å². The lowest BCUT2D eigenvalue weighted by Crippen LogP contribution is -2.23. The number of aromatic nitrogens is 5. The summed E-state index contributed by atoms with van der Waals surface area (Å²) in [6.45, 7) is 6.04. The van der Waals surface area contributed by atoms with Crippen molar-refractivity contribution in [3.05, 3.63) is 30.9 Å². The van der Waals surface area contributed by atoms with E-state index in [0.29, 0.717) is 18.6 Å². The van der Waals surface area contributed by atoms with Crippen LogP contribution in [0.1, 0.15) is 59.3 Å². The zero-order valence-corrected chi connectivity index (χ0v) is 18.6. The Balaban J connectivity index is 0.000000478. The zero-order chi connectivity index (χ0) is 22.3. The van der Waals surface area contributed by atoms with Gasteiger partial charge in [-0.2, -0.15) is 10.2 Å². The lowest BCUT2D eigenvalue weighted by Gasteiger charge is -2.16. The molecule has 1 fully saturated rings. The third kappa shape index (κ3) is 5.99. The molecule has 1 aliphatic rings. The van der Waals surface area contributed by atoms with Gasteiger partial charge in [0.2, 0.25) is 0 Å².